The maximum Gasteiger partial charge on any atom is 0.243 e. The predicted molar refractivity (Wildman–Crippen MR) is 130 cm³/mol. The molecule has 1 aliphatic heterocycles. The van der Waals surface area contributed by atoms with Crippen LogP contribution in [-0.4, -0.2) is 43.3 Å². The third-order valence-corrected chi connectivity index (χ3v) is 8.32. The van der Waals surface area contributed by atoms with Crippen molar-refractivity contribution in [1.82, 2.24) is 9.21 Å². The lowest BCUT2D eigenvalue weighted by atomic mass is 10.0. The Labute approximate surface area is 196 Å². The first kappa shape index (κ1) is 23.0. The molecule has 0 radical (unpaired) electrons. The van der Waals surface area contributed by atoms with Crippen LogP contribution in [0.25, 0.3) is 0 Å². The van der Waals surface area contributed by atoms with Gasteiger partial charge in [-0.25, -0.2) is 8.42 Å². The Balaban J connectivity index is 1.49. The van der Waals surface area contributed by atoms with Gasteiger partial charge in [-0.05, 0) is 54.7 Å². The van der Waals surface area contributed by atoms with E-state index in [0.717, 1.165) is 38.0 Å². The molecule has 3 aromatic carbocycles. The van der Waals surface area contributed by atoms with E-state index in [9.17, 15) is 8.42 Å². The van der Waals surface area contributed by atoms with Gasteiger partial charge in [0.2, 0.25) is 10.0 Å². The Morgan fingerprint density at radius 2 is 1.38 bits per heavy atom. The average Bonchev–Trinajstić information content (AvgIpc) is 2.82. The van der Waals surface area contributed by atoms with E-state index in [2.05, 4.69) is 41.3 Å². The highest BCUT2D eigenvalue weighted by atomic mass is 35.5. The van der Waals surface area contributed by atoms with Gasteiger partial charge in [0.15, 0.2) is 0 Å². The number of halogens is 1. The van der Waals surface area contributed by atoms with Crippen molar-refractivity contribution in [2.24, 2.45) is 0 Å². The van der Waals surface area contributed by atoms with E-state index < -0.39 is 10.0 Å². The maximum absolute atomic E-state index is 13.6. The molecule has 0 aliphatic carbocycles. The number of rotatable bonds is 8. The topological polar surface area (TPSA) is 40.6 Å². The standard InChI is InChI=1S/C26H29ClN2O2S/c27-24-11-13-26(14-12-24)32(30,31)29(20-15-22-7-3-1-4-8-22)25-16-18-28(19-17-25)21-23-9-5-2-6-10-23/h1-14,25H,15-21H2. The van der Waals surface area contributed by atoms with Crippen LogP contribution in [0, 0.1) is 0 Å². The molecule has 168 valence electrons. The molecule has 0 atom stereocenters. The number of hydrogen-bond donors (Lipinski definition) is 0. The van der Waals surface area contributed by atoms with Gasteiger partial charge in [0.25, 0.3) is 0 Å². The van der Waals surface area contributed by atoms with Crippen molar-refractivity contribution in [3.8, 4) is 0 Å². The van der Waals surface area contributed by atoms with Crippen molar-refractivity contribution < 1.29 is 8.42 Å². The molecule has 0 saturated carbocycles. The zero-order valence-corrected chi connectivity index (χ0v) is 19.7. The fourth-order valence-electron chi connectivity index (χ4n) is 4.33. The number of nitrogens with zero attached hydrogens (tertiary/aromatic N) is 2. The third-order valence-electron chi connectivity index (χ3n) is 6.10. The molecule has 4 nitrogen and oxygen atoms in total. The van der Waals surface area contributed by atoms with Crippen LogP contribution >= 0.6 is 11.6 Å². The molecule has 1 aliphatic rings. The highest BCUT2D eigenvalue weighted by molar-refractivity contribution is 7.89. The molecule has 4 rings (SSSR count). The SMILES string of the molecule is O=S(=O)(c1ccc(Cl)cc1)N(CCc1ccccc1)C1CCN(Cc2ccccc2)CC1. The summed E-state index contributed by atoms with van der Waals surface area (Å²) in [5.41, 5.74) is 2.44. The van der Waals surface area contributed by atoms with Crippen molar-refractivity contribution >= 4 is 21.6 Å². The fourth-order valence-corrected chi connectivity index (χ4v) is 6.14. The molecule has 0 aromatic heterocycles. The summed E-state index contributed by atoms with van der Waals surface area (Å²) in [5.74, 6) is 0. The zero-order chi connectivity index (χ0) is 22.4. The van der Waals surface area contributed by atoms with Crippen LogP contribution < -0.4 is 0 Å². The first-order valence-corrected chi connectivity index (χ1v) is 12.9. The predicted octanol–water partition coefficient (Wildman–Crippen LogP) is 5.24. The monoisotopic (exact) mass is 468 g/mol. The number of hydrogen-bond acceptors (Lipinski definition) is 3. The minimum Gasteiger partial charge on any atom is -0.299 e. The molecule has 0 N–H and O–H groups in total. The summed E-state index contributed by atoms with van der Waals surface area (Å²) in [6, 6.07) is 27.0. The molecule has 6 heteroatoms. The highest BCUT2D eigenvalue weighted by Gasteiger charge is 2.33. The van der Waals surface area contributed by atoms with Crippen LogP contribution in [0.4, 0.5) is 0 Å². The second kappa shape index (κ2) is 10.6. The summed E-state index contributed by atoms with van der Waals surface area (Å²) in [6.45, 7) is 3.15. The minimum atomic E-state index is -3.61. The Bertz CT molecular complexity index is 1080. The quantitative estimate of drug-likeness (QED) is 0.454. The third kappa shape index (κ3) is 5.78. The summed E-state index contributed by atoms with van der Waals surface area (Å²) in [6.07, 6.45) is 2.35. The number of sulfonamides is 1. The largest absolute Gasteiger partial charge is 0.299 e. The van der Waals surface area contributed by atoms with Gasteiger partial charge in [-0.1, -0.05) is 72.3 Å². The summed E-state index contributed by atoms with van der Waals surface area (Å²) >= 11 is 6.00. The van der Waals surface area contributed by atoms with Crippen LogP contribution in [0.15, 0.2) is 89.8 Å². The second-order valence-corrected chi connectivity index (χ2v) is 10.6. The Kier molecular flexibility index (Phi) is 7.63. The van der Waals surface area contributed by atoms with Crippen LogP contribution in [0.2, 0.25) is 5.02 Å². The summed E-state index contributed by atoms with van der Waals surface area (Å²) in [7, 11) is -3.61. The fraction of sp³-hybridized carbons (Fsp3) is 0.308. The molecule has 0 spiro atoms. The molecular formula is C26H29ClN2O2S. The van der Waals surface area contributed by atoms with E-state index in [0.29, 0.717) is 22.9 Å². The van der Waals surface area contributed by atoms with Crippen molar-refractivity contribution in [2.45, 2.75) is 36.7 Å². The van der Waals surface area contributed by atoms with E-state index in [1.165, 1.54) is 5.56 Å². The first-order valence-electron chi connectivity index (χ1n) is 11.1. The highest BCUT2D eigenvalue weighted by Crippen LogP contribution is 2.26. The van der Waals surface area contributed by atoms with Crippen LogP contribution in [0.3, 0.4) is 0 Å². The molecule has 1 fully saturated rings. The summed E-state index contributed by atoms with van der Waals surface area (Å²) in [4.78, 5) is 2.72. The zero-order valence-electron chi connectivity index (χ0n) is 18.1. The van der Waals surface area contributed by atoms with Gasteiger partial charge in [-0.15, -0.1) is 0 Å². The van der Waals surface area contributed by atoms with Gasteiger partial charge in [0, 0.05) is 37.2 Å². The molecule has 3 aromatic rings. The van der Waals surface area contributed by atoms with Crippen molar-refractivity contribution in [2.75, 3.05) is 19.6 Å². The van der Waals surface area contributed by atoms with Crippen molar-refractivity contribution in [1.29, 1.82) is 0 Å². The molecule has 0 bridgehead atoms. The normalized spacial score (nSPS) is 15.8. The van der Waals surface area contributed by atoms with Crippen LogP contribution in [0.1, 0.15) is 24.0 Å². The lowest BCUT2D eigenvalue weighted by Crippen LogP contribution is -2.47. The number of piperidine rings is 1. The molecule has 1 heterocycles. The Morgan fingerprint density at radius 1 is 0.812 bits per heavy atom. The Hall–Kier alpha value is -2.18. The van der Waals surface area contributed by atoms with E-state index in [4.69, 9.17) is 11.6 Å². The summed E-state index contributed by atoms with van der Waals surface area (Å²) in [5, 5.41) is 0.536. The lowest BCUT2D eigenvalue weighted by Gasteiger charge is -2.38. The smallest absolute Gasteiger partial charge is 0.243 e. The van der Waals surface area contributed by atoms with Gasteiger partial charge in [0.05, 0.1) is 4.90 Å². The molecule has 0 unspecified atom stereocenters. The minimum absolute atomic E-state index is 0.00795. The van der Waals surface area contributed by atoms with Gasteiger partial charge in [0.1, 0.15) is 0 Å². The average molecular weight is 469 g/mol. The molecule has 1 saturated heterocycles. The van der Waals surface area contributed by atoms with E-state index in [1.807, 2.05) is 24.3 Å². The van der Waals surface area contributed by atoms with E-state index in [-0.39, 0.29) is 6.04 Å². The van der Waals surface area contributed by atoms with Gasteiger partial charge in [-0.2, -0.15) is 4.31 Å². The maximum atomic E-state index is 13.6. The lowest BCUT2D eigenvalue weighted by molar-refractivity contribution is 0.154. The number of likely N-dealkylation sites (tertiary alicyclic amines) is 1. The summed E-state index contributed by atoms with van der Waals surface area (Å²) < 4.78 is 28.9. The molecular weight excluding hydrogens is 440 g/mol. The number of benzene rings is 3. The van der Waals surface area contributed by atoms with Crippen molar-refractivity contribution in [3.05, 3.63) is 101 Å². The van der Waals surface area contributed by atoms with Crippen molar-refractivity contribution in [3.63, 3.8) is 0 Å². The van der Waals surface area contributed by atoms with E-state index >= 15 is 0 Å². The van der Waals surface area contributed by atoms with Gasteiger partial charge < -0.3 is 0 Å². The second-order valence-electron chi connectivity index (χ2n) is 8.30. The van der Waals surface area contributed by atoms with Crippen LogP contribution in [0.5, 0.6) is 0 Å². The Morgan fingerprint density at radius 3 is 1.97 bits per heavy atom. The molecule has 0 amide bonds. The van der Waals surface area contributed by atoms with Crippen LogP contribution in [-0.2, 0) is 23.0 Å². The van der Waals surface area contributed by atoms with E-state index in [1.54, 1.807) is 28.6 Å². The van der Waals surface area contributed by atoms with Gasteiger partial charge >= 0.3 is 0 Å². The van der Waals surface area contributed by atoms with Gasteiger partial charge in [-0.3, -0.25) is 4.90 Å². The molecule has 32 heavy (non-hydrogen) atoms. The first-order chi connectivity index (χ1) is 15.5.